The zero-order valence-corrected chi connectivity index (χ0v) is 12.4. The molecular weight excluding hydrogens is 264 g/mol. The van der Waals surface area contributed by atoms with Crippen molar-refractivity contribution in [3.8, 4) is 0 Å². The van der Waals surface area contributed by atoms with E-state index in [1.54, 1.807) is 10.8 Å². The summed E-state index contributed by atoms with van der Waals surface area (Å²) < 4.78 is 27.9. The van der Waals surface area contributed by atoms with Crippen LogP contribution < -0.4 is 5.73 Å². The van der Waals surface area contributed by atoms with E-state index in [2.05, 4.69) is 11.7 Å². The number of aryl methyl sites for hydroxylation is 1. The van der Waals surface area contributed by atoms with Crippen LogP contribution in [0.15, 0.2) is 23.7 Å². The molecule has 108 valence electrons. The molecule has 1 aromatic rings. The molecule has 6 nitrogen and oxygen atoms in total. The first kappa shape index (κ1) is 15.7. The zero-order valence-electron chi connectivity index (χ0n) is 11.5. The van der Waals surface area contributed by atoms with Crippen LogP contribution in [-0.4, -0.2) is 35.6 Å². The van der Waals surface area contributed by atoms with Gasteiger partial charge in [0.1, 0.15) is 4.90 Å². The van der Waals surface area contributed by atoms with Gasteiger partial charge in [-0.3, -0.25) is 4.68 Å². The van der Waals surface area contributed by atoms with Gasteiger partial charge in [0.15, 0.2) is 5.82 Å². The molecule has 1 heterocycles. The van der Waals surface area contributed by atoms with Gasteiger partial charge in [0.2, 0.25) is 10.0 Å². The number of nitrogen functional groups attached to an aromatic ring is 1. The molecule has 1 rings (SSSR count). The third kappa shape index (κ3) is 3.57. The van der Waals surface area contributed by atoms with Gasteiger partial charge in [-0.2, -0.15) is 9.40 Å². The molecule has 0 atom stereocenters. The van der Waals surface area contributed by atoms with Crippen LogP contribution in [0.5, 0.6) is 0 Å². The SMILES string of the molecule is C=CCN(CCC)S(=O)(=O)c1cn(CCC)nc1N. The van der Waals surface area contributed by atoms with Crippen LogP contribution in [0.1, 0.15) is 26.7 Å². The lowest BCUT2D eigenvalue weighted by molar-refractivity contribution is 0.441. The van der Waals surface area contributed by atoms with Gasteiger partial charge in [-0.05, 0) is 12.8 Å². The second kappa shape index (κ2) is 6.72. The summed E-state index contributed by atoms with van der Waals surface area (Å²) in [6.07, 6.45) is 4.67. The van der Waals surface area contributed by atoms with E-state index in [9.17, 15) is 8.42 Å². The van der Waals surface area contributed by atoms with E-state index >= 15 is 0 Å². The lowest BCUT2D eigenvalue weighted by Crippen LogP contribution is -2.32. The van der Waals surface area contributed by atoms with E-state index in [1.807, 2.05) is 13.8 Å². The molecule has 0 fully saturated rings. The maximum absolute atomic E-state index is 12.5. The monoisotopic (exact) mass is 286 g/mol. The number of sulfonamides is 1. The van der Waals surface area contributed by atoms with Crippen LogP contribution in [0.3, 0.4) is 0 Å². The number of rotatable bonds is 8. The van der Waals surface area contributed by atoms with Gasteiger partial charge in [0, 0.05) is 25.8 Å². The first-order valence-electron chi connectivity index (χ1n) is 6.41. The maximum Gasteiger partial charge on any atom is 0.248 e. The Morgan fingerprint density at radius 3 is 2.68 bits per heavy atom. The largest absolute Gasteiger partial charge is 0.381 e. The predicted octanol–water partition coefficient (Wildman–Crippen LogP) is 1.46. The highest BCUT2D eigenvalue weighted by atomic mass is 32.2. The van der Waals surface area contributed by atoms with Crippen molar-refractivity contribution in [1.29, 1.82) is 0 Å². The molecule has 19 heavy (non-hydrogen) atoms. The van der Waals surface area contributed by atoms with E-state index in [-0.39, 0.29) is 17.3 Å². The summed E-state index contributed by atoms with van der Waals surface area (Å²) in [6.45, 7) is 8.87. The van der Waals surface area contributed by atoms with Crippen molar-refractivity contribution in [2.75, 3.05) is 18.8 Å². The number of hydrogen-bond donors (Lipinski definition) is 1. The second-order valence-corrected chi connectivity index (χ2v) is 6.20. The molecule has 7 heteroatoms. The van der Waals surface area contributed by atoms with Crippen molar-refractivity contribution < 1.29 is 8.42 Å². The number of aromatic nitrogens is 2. The first-order valence-corrected chi connectivity index (χ1v) is 7.85. The zero-order chi connectivity index (χ0) is 14.5. The molecule has 0 unspecified atom stereocenters. The summed E-state index contributed by atoms with van der Waals surface area (Å²) in [5, 5.41) is 4.03. The quantitative estimate of drug-likeness (QED) is 0.734. The fourth-order valence-corrected chi connectivity index (χ4v) is 3.37. The molecule has 0 radical (unpaired) electrons. The van der Waals surface area contributed by atoms with Gasteiger partial charge in [0.25, 0.3) is 0 Å². The lowest BCUT2D eigenvalue weighted by atomic mass is 10.5. The van der Waals surface area contributed by atoms with E-state index < -0.39 is 10.0 Å². The highest BCUT2D eigenvalue weighted by Crippen LogP contribution is 2.21. The third-order valence-corrected chi connectivity index (χ3v) is 4.51. The second-order valence-electron chi connectivity index (χ2n) is 4.29. The Balaban J connectivity index is 3.13. The van der Waals surface area contributed by atoms with Crippen molar-refractivity contribution in [3.63, 3.8) is 0 Å². The predicted molar refractivity (Wildman–Crippen MR) is 76.2 cm³/mol. The third-order valence-electron chi connectivity index (χ3n) is 2.63. The molecular formula is C12H22N4O2S. The topological polar surface area (TPSA) is 81.2 Å². The normalized spacial score (nSPS) is 11.9. The molecule has 0 amide bonds. The molecule has 0 aliphatic heterocycles. The average Bonchev–Trinajstić information content (AvgIpc) is 2.71. The molecule has 0 aliphatic rings. The maximum atomic E-state index is 12.5. The minimum Gasteiger partial charge on any atom is -0.381 e. The van der Waals surface area contributed by atoms with Gasteiger partial charge in [-0.15, -0.1) is 6.58 Å². The van der Waals surface area contributed by atoms with E-state index in [0.717, 1.165) is 12.8 Å². The smallest absolute Gasteiger partial charge is 0.248 e. The van der Waals surface area contributed by atoms with Gasteiger partial charge in [-0.25, -0.2) is 8.42 Å². The summed E-state index contributed by atoms with van der Waals surface area (Å²) in [7, 11) is -3.60. The summed E-state index contributed by atoms with van der Waals surface area (Å²) in [6, 6.07) is 0. The van der Waals surface area contributed by atoms with Crippen molar-refractivity contribution in [2.24, 2.45) is 0 Å². The molecule has 0 saturated heterocycles. The van der Waals surface area contributed by atoms with Crippen molar-refractivity contribution in [2.45, 2.75) is 38.1 Å². The Morgan fingerprint density at radius 1 is 1.47 bits per heavy atom. The van der Waals surface area contributed by atoms with Gasteiger partial charge in [-0.1, -0.05) is 19.9 Å². The molecule has 0 aliphatic carbocycles. The number of nitrogens with two attached hydrogens (primary N) is 1. The molecule has 1 aromatic heterocycles. The van der Waals surface area contributed by atoms with E-state index in [0.29, 0.717) is 13.1 Å². The van der Waals surface area contributed by atoms with Gasteiger partial charge < -0.3 is 5.73 Å². The van der Waals surface area contributed by atoms with Gasteiger partial charge in [0.05, 0.1) is 0 Å². The standard InChI is InChI=1S/C12H22N4O2S/c1-4-7-15-10-11(12(13)14-15)19(17,18)16(8-5-2)9-6-3/h5,10H,2,4,6-9H2,1,3H3,(H2,13,14). The molecule has 2 N–H and O–H groups in total. The highest BCUT2D eigenvalue weighted by Gasteiger charge is 2.27. The molecule has 0 saturated carbocycles. The van der Waals surface area contributed by atoms with E-state index in [4.69, 9.17) is 5.73 Å². The molecule has 0 bridgehead atoms. The Bertz CT molecular complexity index is 522. The summed E-state index contributed by atoms with van der Waals surface area (Å²) in [4.78, 5) is 0.0799. The van der Waals surface area contributed by atoms with Crippen molar-refractivity contribution in [1.82, 2.24) is 14.1 Å². The van der Waals surface area contributed by atoms with E-state index in [1.165, 1.54) is 10.5 Å². The minimum absolute atomic E-state index is 0.0543. The fraction of sp³-hybridized carbons (Fsp3) is 0.583. The fourth-order valence-electron chi connectivity index (χ4n) is 1.80. The Morgan fingerprint density at radius 2 is 2.16 bits per heavy atom. The van der Waals surface area contributed by atoms with Crippen molar-refractivity contribution >= 4 is 15.8 Å². The first-order chi connectivity index (χ1) is 8.97. The van der Waals surface area contributed by atoms with Crippen LogP contribution in [0, 0.1) is 0 Å². The van der Waals surface area contributed by atoms with Crippen molar-refractivity contribution in [3.05, 3.63) is 18.9 Å². The van der Waals surface area contributed by atoms with Crippen LogP contribution in [0.2, 0.25) is 0 Å². The number of hydrogen-bond acceptors (Lipinski definition) is 4. The summed E-state index contributed by atoms with van der Waals surface area (Å²) in [5.41, 5.74) is 5.72. The Hall–Kier alpha value is -1.34. The lowest BCUT2D eigenvalue weighted by Gasteiger charge is -2.19. The van der Waals surface area contributed by atoms with Crippen LogP contribution in [0.25, 0.3) is 0 Å². The molecule has 0 aromatic carbocycles. The highest BCUT2D eigenvalue weighted by molar-refractivity contribution is 7.89. The Labute approximate surface area is 114 Å². The summed E-state index contributed by atoms with van der Waals surface area (Å²) in [5.74, 6) is 0.0543. The molecule has 0 spiro atoms. The Kier molecular flexibility index (Phi) is 5.56. The van der Waals surface area contributed by atoms with Crippen LogP contribution in [-0.2, 0) is 16.6 Å². The minimum atomic E-state index is -3.60. The van der Waals surface area contributed by atoms with Crippen LogP contribution in [0.4, 0.5) is 5.82 Å². The van der Waals surface area contributed by atoms with Gasteiger partial charge >= 0.3 is 0 Å². The number of nitrogens with zero attached hydrogens (tertiary/aromatic N) is 3. The number of anilines is 1. The average molecular weight is 286 g/mol. The summed E-state index contributed by atoms with van der Waals surface area (Å²) >= 11 is 0. The van der Waals surface area contributed by atoms with Crippen LogP contribution >= 0.6 is 0 Å².